The molecule has 1 aromatic carbocycles. The van der Waals surface area contributed by atoms with E-state index in [0.717, 1.165) is 23.1 Å². The molecule has 2 heterocycles. The average Bonchev–Trinajstić information content (AvgIpc) is 3.35. The molecule has 3 amide bonds. The Kier molecular flexibility index (Phi) is 5.79. The first-order valence-corrected chi connectivity index (χ1v) is 11.0. The van der Waals surface area contributed by atoms with Gasteiger partial charge in [-0.1, -0.05) is 23.5 Å². The summed E-state index contributed by atoms with van der Waals surface area (Å²) in [5.41, 5.74) is 0.449. The quantitative estimate of drug-likeness (QED) is 0.540. The highest BCUT2D eigenvalue weighted by Gasteiger charge is 2.30. The van der Waals surface area contributed by atoms with Crippen molar-refractivity contribution in [1.29, 1.82) is 0 Å². The normalized spacial score (nSPS) is 21.9. The summed E-state index contributed by atoms with van der Waals surface area (Å²) in [5, 5.41) is 12.3. The van der Waals surface area contributed by atoms with E-state index in [9.17, 15) is 14.4 Å². The zero-order valence-corrected chi connectivity index (χ0v) is 16.7. The predicted octanol–water partition coefficient (Wildman–Crippen LogP) is 1.40. The van der Waals surface area contributed by atoms with Gasteiger partial charge in [-0.2, -0.15) is 0 Å². The number of anilines is 1. The maximum Gasteiger partial charge on any atom is 0.236 e. The molecule has 28 heavy (non-hydrogen) atoms. The van der Waals surface area contributed by atoms with Crippen molar-refractivity contribution in [3.8, 4) is 0 Å². The lowest BCUT2D eigenvalue weighted by atomic mass is 10.1. The van der Waals surface area contributed by atoms with Crippen LogP contribution >= 0.6 is 23.1 Å². The second-order valence-corrected chi connectivity index (χ2v) is 9.03. The molecule has 0 spiro atoms. The van der Waals surface area contributed by atoms with Gasteiger partial charge in [0.15, 0.2) is 5.13 Å². The van der Waals surface area contributed by atoms with Crippen molar-refractivity contribution in [1.82, 2.24) is 20.9 Å². The van der Waals surface area contributed by atoms with E-state index in [-0.39, 0.29) is 42.4 Å². The summed E-state index contributed by atoms with van der Waals surface area (Å²) in [6.45, 7) is 0. The van der Waals surface area contributed by atoms with E-state index in [2.05, 4.69) is 26.3 Å². The second kappa shape index (κ2) is 8.46. The van der Waals surface area contributed by atoms with Crippen LogP contribution in [0.3, 0.4) is 0 Å². The van der Waals surface area contributed by atoms with Gasteiger partial charge in [0.25, 0.3) is 0 Å². The molecule has 8 nitrogen and oxygen atoms in total. The summed E-state index contributed by atoms with van der Waals surface area (Å²) in [6.07, 6.45) is 2.59. The van der Waals surface area contributed by atoms with Gasteiger partial charge >= 0.3 is 0 Å². The molecule has 10 heteroatoms. The van der Waals surface area contributed by atoms with Crippen LogP contribution in [-0.4, -0.2) is 46.0 Å². The third-order valence-electron chi connectivity index (χ3n) is 4.41. The fraction of sp³-hybridized carbons (Fsp3) is 0.444. The van der Waals surface area contributed by atoms with Gasteiger partial charge in [0, 0.05) is 24.9 Å². The zero-order chi connectivity index (χ0) is 19.5. The molecule has 1 aliphatic heterocycles. The molecular weight excluding hydrogens is 398 g/mol. The SMILES string of the molecule is O=C(CSC1NC(=O)CC(CC(=O)NC2CC2)N1)Nc1nc2ccccc2s1. The minimum atomic E-state index is -0.402. The van der Waals surface area contributed by atoms with Crippen LogP contribution < -0.4 is 21.3 Å². The molecule has 2 aromatic rings. The minimum Gasteiger partial charge on any atom is -0.353 e. The van der Waals surface area contributed by atoms with Crippen molar-refractivity contribution in [2.75, 3.05) is 11.1 Å². The maximum absolute atomic E-state index is 12.2. The summed E-state index contributed by atoms with van der Waals surface area (Å²) in [5.74, 6) is -0.178. The van der Waals surface area contributed by atoms with Crippen molar-refractivity contribution in [2.24, 2.45) is 0 Å². The molecule has 1 aromatic heterocycles. The zero-order valence-electron chi connectivity index (χ0n) is 15.1. The number of rotatable bonds is 7. The molecule has 2 fully saturated rings. The lowest BCUT2D eigenvalue weighted by molar-refractivity contribution is -0.125. The Bertz CT molecular complexity index is 865. The van der Waals surface area contributed by atoms with Crippen LogP contribution in [0, 0.1) is 0 Å². The fourth-order valence-electron chi connectivity index (χ4n) is 2.94. The Morgan fingerprint density at radius 1 is 1.25 bits per heavy atom. The van der Waals surface area contributed by atoms with E-state index in [1.54, 1.807) is 0 Å². The Labute approximate surface area is 170 Å². The van der Waals surface area contributed by atoms with Gasteiger partial charge in [0.1, 0.15) is 5.50 Å². The molecule has 4 N–H and O–H groups in total. The Morgan fingerprint density at radius 3 is 2.86 bits per heavy atom. The number of fused-ring (bicyclic) bond motifs is 1. The number of carbonyl (C=O) groups is 3. The maximum atomic E-state index is 12.2. The highest BCUT2D eigenvalue weighted by Crippen LogP contribution is 2.25. The van der Waals surface area contributed by atoms with Crippen molar-refractivity contribution in [2.45, 2.75) is 43.3 Å². The van der Waals surface area contributed by atoms with Crippen LogP contribution in [0.15, 0.2) is 24.3 Å². The van der Waals surface area contributed by atoms with E-state index in [0.29, 0.717) is 11.2 Å². The van der Waals surface area contributed by atoms with Crippen molar-refractivity contribution in [3.63, 3.8) is 0 Å². The van der Waals surface area contributed by atoms with E-state index in [4.69, 9.17) is 0 Å². The smallest absolute Gasteiger partial charge is 0.236 e. The van der Waals surface area contributed by atoms with Crippen molar-refractivity contribution in [3.05, 3.63) is 24.3 Å². The number of thioether (sulfide) groups is 1. The fourth-order valence-corrected chi connectivity index (χ4v) is 4.72. The molecule has 2 aliphatic rings. The molecule has 1 aliphatic carbocycles. The summed E-state index contributed by atoms with van der Waals surface area (Å²) in [7, 11) is 0. The van der Waals surface area contributed by atoms with Crippen LogP contribution in [0.4, 0.5) is 5.13 Å². The number of aromatic nitrogens is 1. The molecule has 2 unspecified atom stereocenters. The number of hydrogen-bond donors (Lipinski definition) is 4. The Hall–Kier alpha value is -2.17. The number of carbonyl (C=O) groups excluding carboxylic acids is 3. The Balaban J connectivity index is 1.25. The highest BCUT2D eigenvalue weighted by atomic mass is 32.2. The first-order chi connectivity index (χ1) is 13.5. The third-order valence-corrected chi connectivity index (χ3v) is 6.37. The minimum absolute atomic E-state index is 0.0352. The van der Waals surface area contributed by atoms with E-state index < -0.39 is 5.50 Å². The van der Waals surface area contributed by atoms with Crippen LogP contribution in [0.25, 0.3) is 10.2 Å². The average molecular weight is 420 g/mol. The highest BCUT2D eigenvalue weighted by molar-refractivity contribution is 8.00. The summed E-state index contributed by atoms with van der Waals surface area (Å²) in [6, 6.07) is 7.78. The second-order valence-electron chi connectivity index (χ2n) is 6.91. The lowest BCUT2D eigenvalue weighted by Crippen LogP contribution is -2.56. The van der Waals surface area contributed by atoms with Crippen LogP contribution in [0.1, 0.15) is 25.7 Å². The molecule has 4 rings (SSSR count). The van der Waals surface area contributed by atoms with Crippen molar-refractivity contribution < 1.29 is 14.4 Å². The van der Waals surface area contributed by atoms with Gasteiger partial charge in [0.05, 0.1) is 16.0 Å². The monoisotopic (exact) mass is 419 g/mol. The van der Waals surface area contributed by atoms with Crippen LogP contribution in [0.5, 0.6) is 0 Å². The molecule has 1 saturated carbocycles. The lowest BCUT2D eigenvalue weighted by Gasteiger charge is -2.30. The Morgan fingerprint density at radius 2 is 2.07 bits per heavy atom. The first-order valence-electron chi connectivity index (χ1n) is 9.17. The molecular formula is C18H21N5O3S2. The van der Waals surface area contributed by atoms with Crippen LogP contribution in [-0.2, 0) is 14.4 Å². The standard InChI is InChI=1S/C18H21N5O3S2/c24-14(19-10-5-6-10)7-11-8-15(25)22-17(20-11)27-9-16(26)23-18-21-12-3-1-2-4-13(12)28-18/h1-4,10-11,17,20H,5-9H2,(H,19,24)(H,22,25)(H,21,23,26). The molecule has 0 radical (unpaired) electrons. The van der Waals surface area contributed by atoms with Crippen LogP contribution in [0.2, 0.25) is 0 Å². The summed E-state index contributed by atoms with van der Waals surface area (Å²) in [4.78, 5) is 40.5. The van der Waals surface area contributed by atoms with Gasteiger partial charge in [-0.05, 0) is 25.0 Å². The van der Waals surface area contributed by atoms with Crippen molar-refractivity contribution >= 4 is 56.2 Å². The number of nitrogens with one attached hydrogen (secondary N) is 4. The molecule has 1 saturated heterocycles. The van der Waals surface area contributed by atoms with Gasteiger partial charge in [-0.3, -0.25) is 19.7 Å². The number of amides is 3. The van der Waals surface area contributed by atoms with Gasteiger partial charge in [0.2, 0.25) is 17.7 Å². The van der Waals surface area contributed by atoms with E-state index in [1.165, 1.54) is 23.1 Å². The molecule has 148 valence electrons. The number of para-hydroxylation sites is 1. The van der Waals surface area contributed by atoms with Gasteiger partial charge in [-0.15, -0.1) is 11.8 Å². The number of benzene rings is 1. The predicted molar refractivity (Wildman–Crippen MR) is 110 cm³/mol. The number of thiazole rings is 1. The van der Waals surface area contributed by atoms with Gasteiger partial charge < -0.3 is 16.0 Å². The van der Waals surface area contributed by atoms with Gasteiger partial charge in [-0.25, -0.2) is 4.98 Å². The number of nitrogens with zero attached hydrogens (tertiary/aromatic N) is 1. The summed E-state index contributed by atoms with van der Waals surface area (Å²) < 4.78 is 1.01. The first kappa shape index (κ1) is 19.2. The van der Waals surface area contributed by atoms with E-state index in [1.807, 2.05) is 24.3 Å². The number of hydrogen-bond acceptors (Lipinski definition) is 7. The van der Waals surface area contributed by atoms with E-state index >= 15 is 0 Å². The molecule has 2 atom stereocenters. The largest absolute Gasteiger partial charge is 0.353 e. The molecule has 0 bridgehead atoms. The third kappa shape index (κ3) is 5.21. The topological polar surface area (TPSA) is 112 Å². The summed E-state index contributed by atoms with van der Waals surface area (Å²) >= 11 is 2.70.